The van der Waals surface area contributed by atoms with Gasteiger partial charge in [-0.05, 0) is 16.8 Å². The molecule has 7 nitrogen and oxygen atoms in total. The van der Waals surface area contributed by atoms with E-state index in [1.165, 1.54) is 7.11 Å². The zero-order chi connectivity index (χ0) is 17.9. The highest BCUT2D eigenvalue weighted by Crippen LogP contribution is 2.31. The summed E-state index contributed by atoms with van der Waals surface area (Å²) < 4.78 is 5.27. The molecule has 24 heavy (non-hydrogen) atoms. The van der Waals surface area contributed by atoms with Crippen molar-refractivity contribution in [1.82, 2.24) is 5.32 Å². The molecule has 0 aliphatic rings. The Labute approximate surface area is 137 Å². The zero-order valence-corrected chi connectivity index (χ0v) is 13.2. The van der Waals surface area contributed by atoms with E-state index in [2.05, 4.69) is 5.32 Å². The number of carboxylic acids is 2. The molecule has 0 unspecified atom stereocenters. The van der Waals surface area contributed by atoms with Crippen molar-refractivity contribution in [2.75, 3.05) is 7.11 Å². The SMILES string of the molecule is COc1ccc2ccccc2c1CC(NC(C)=O)(C(=O)O)C(=O)O. The monoisotopic (exact) mass is 331 g/mol. The van der Waals surface area contributed by atoms with E-state index < -0.39 is 29.8 Å². The van der Waals surface area contributed by atoms with Crippen LogP contribution in [-0.2, 0) is 20.8 Å². The Morgan fingerprint density at radius 2 is 1.71 bits per heavy atom. The van der Waals surface area contributed by atoms with Gasteiger partial charge in [-0.15, -0.1) is 0 Å². The topological polar surface area (TPSA) is 113 Å². The molecule has 0 bridgehead atoms. The second-order valence-electron chi connectivity index (χ2n) is 5.34. The molecule has 3 N–H and O–H groups in total. The lowest BCUT2D eigenvalue weighted by Crippen LogP contribution is -2.61. The van der Waals surface area contributed by atoms with Crippen LogP contribution in [0.2, 0.25) is 0 Å². The summed E-state index contributed by atoms with van der Waals surface area (Å²) in [4.78, 5) is 34.8. The van der Waals surface area contributed by atoms with Gasteiger partial charge in [0, 0.05) is 18.9 Å². The van der Waals surface area contributed by atoms with Gasteiger partial charge in [0.15, 0.2) is 0 Å². The zero-order valence-electron chi connectivity index (χ0n) is 13.2. The lowest BCUT2D eigenvalue weighted by atomic mass is 9.87. The third-order valence-electron chi connectivity index (χ3n) is 3.78. The van der Waals surface area contributed by atoms with E-state index in [0.29, 0.717) is 16.7 Å². The van der Waals surface area contributed by atoms with Gasteiger partial charge in [0.05, 0.1) is 7.11 Å². The number of hydrogen-bond donors (Lipinski definition) is 3. The van der Waals surface area contributed by atoms with Crippen molar-refractivity contribution in [2.45, 2.75) is 18.9 Å². The lowest BCUT2D eigenvalue weighted by molar-refractivity contribution is -0.161. The summed E-state index contributed by atoms with van der Waals surface area (Å²) in [5.74, 6) is -3.70. The molecule has 2 rings (SSSR count). The van der Waals surface area contributed by atoms with Crippen molar-refractivity contribution < 1.29 is 29.3 Å². The molecule has 1 amide bonds. The van der Waals surface area contributed by atoms with Gasteiger partial charge in [-0.2, -0.15) is 0 Å². The fourth-order valence-corrected chi connectivity index (χ4v) is 2.65. The number of carbonyl (C=O) groups is 3. The Bertz CT molecular complexity index is 800. The van der Waals surface area contributed by atoms with Crippen LogP contribution >= 0.6 is 0 Å². The van der Waals surface area contributed by atoms with Gasteiger partial charge in [0.2, 0.25) is 11.4 Å². The minimum atomic E-state index is -2.48. The number of fused-ring (bicyclic) bond motifs is 1. The summed E-state index contributed by atoms with van der Waals surface area (Å²) in [5.41, 5.74) is -2.09. The minimum Gasteiger partial charge on any atom is -0.496 e. The lowest BCUT2D eigenvalue weighted by Gasteiger charge is -2.27. The highest BCUT2D eigenvalue weighted by molar-refractivity contribution is 6.07. The van der Waals surface area contributed by atoms with E-state index in [4.69, 9.17) is 4.74 Å². The van der Waals surface area contributed by atoms with Crippen LogP contribution in [0.15, 0.2) is 36.4 Å². The van der Waals surface area contributed by atoms with Gasteiger partial charge < -0.3 is 20.3 Å². The molecule has 126 valence electrons. The van der Waals surface area contributed by atoms with Crippen LogP contribution in [0.25, 0.3) is 10.8 Å². The molecule has 0 aromatic heterocycles. The molecule has 0 spiro atoms. The number of carbonyl (C=O) groups excluding carboxylic acids is 1. The highest BCUT2D eigenvalue weighted by atomic mass is 16.5. The van der Waals surface area contributed by atoms with Crippen molar-refractivity contribution in [1.29, 1.82) is 0 Å². The summed E-state index contributed by atoms with van der Waals surface area (Å²) in [7, 11) is 1.41. The van der Waals surface area contributed by atoms with E-state index in [0.717, 1.165) is 12.3 Å². The van der Waals surface area contributed by atoms with Crippen LogP contribution in [0, 0.1) is 0 Å². The summed E-state index contributed by atoms with van der Waals surface area (Å²) >= 11 is 0. The molecule has 0 fully saturated rings. The van der Waals surface area contributed by atoms with E-state index in [1.54, 1.807) is 24.3 Å². The number of methoxy groups -OCH3 is 1. The van der Waals surface area contributed by atoms with Gasteiger partial charge >= 0.3 is 11.9 Å². The van der Waals surface area contributed by atoms with Gasteiger partial charge in [0.25, 0.3) is 0 Å². The number of amides is 1. The van der Waals surface area contributed by atoms with Crippen molar-refractivity contribution in [3.8, 4) is 5.75 Å². The van der Waals surface area contributed by atoms with Crippen molar-refractivity contribution in [2.24, 2.45) is 0 Å². The fraction of sp³-hybridized carbons (Fsp3) is 0.235. The third kappa shape index (κ3) is 3.01. The molecule has 2 aromatic carbocycles. The van der Waals surface area contributed by atoms with Crippen LogP contribution in [0.1, 0.15) is 12.5 Å². The minimum absolute atomic E-state index is 0.353. The van der Waals surface area contributed by atoms with Crippen LogP contribution < -0.4 is 10.1 Å². The standard InChI is InChI=1S/C17H17NO6/c1-10(19)18-17(15(20)21,16(22)23)9-13-12-6-4-3-5-11(12)7-8-14(13)24-2/h3-8H,9H2,1-2H3,(H,18,19)(H,20,21)(H,22,23). The second kappa shape index (κ2) is 6.57. The van der Waals surface area contributed by atoms with E-state index in [1.807, 2.05) is 12.1 Å². The molecular formula is C17H17NO6. The molecule has 0 aliphatic heterocycles. The molecule has 0 saturated heterocycles. The highest BCUT2D eigenvalue weighted by Gasteiger charge is 2.48. The number of aliphatic carboxylic acids is 2. The molecule has 2 aromatic rings. The average Bonchev–Trinajstić information content (AvgIpc) is 2.53. The first-order valence-electron chi connectivity index (χ1n) is 7.12. The molecule has 0 saturated carbocycles. The predicted octanol–water partition coefficient (Wildman–Crippen LogP) is 1.43. The number of carboxylic acid groups (broad SMARTS) is 2. The maximum Gasteiger partial charge on any atom is 0.341 e. The number of rotatable bonds is 6. The average molecular weight is 331 g/mol. The van der Waals surface area contributed by atoms with Crippen LogP contribution in [0.3, 0.4) is 0 Å². The maximum absolute atomic E-state index is 11.7. The first-order chi connectivity index (χ1) is 11.3. The molecule has 0 radical (unpaired) electrons. The Kier molecular flexibility index (Phi) is 4.73. The molecule has 7 heteroatoms. The first kappa shape index (κ1) is 17.3. The molecular weight excluding hydrogens is 314 g/mol. The number of hydrogen-bond acceptors (Lipinski definition) is 4. The second-order valence-corrected chi connectivity index (χ2v) is 5.34. The van der Waals surface area contributed by atoms with Crippen molar-refractivity contribution >= 4 is 28.6 Å². The van der Waals surface area contributed by atoms with Gasteiger partial charge in [-0.1, -0.05) is 30.3 Å². The Morgan fingerprint density at radius 1 is 1.08 bits per heavy atom. The first-order valence-corrected chi connectivity index (χ1v) is 7.12. The molecule has 0 atom stereocenters. The fourth-order valence-electron chi connectivity index (χ4n) is 2.65. The normalized spacial score (nSPS) is 11.1. The van der Waals surface area contributed by atoms with E-state index in [9.17, 15) is 24.6 Å². The third-order valence-corrected chi connectivity index (χ3v) is 3.78. The number of ether oxygens (including phenoxy) is 1. The van der Waals surface area contributed by atoms with E-state index in [-0.39, 0.29) is 0 Å². The molecule has 0 aliphatic carbocycles. The van der Waals surface area contributed by atoms with Crippen molar-refractivity contribution in [3.63, 3.8) is 0 Å². The summed E-state index contributed by atoms with van der Waals surface area (Å²) in [6.45, 7) is 1.07. The van der Waals surface area contributed by atoms with Crippen LogP contribution in [0.4, 0.5) is 0 Å². The van der Waals surface area contributed by atoms with Gasteiger partial charge in [-0.3, -0.25) is 4.79 Å². The molecule has 0 heterocycles. The quantitative estimate of drug-likeness (QED) is 0.690. The summed E-state index contributed by atoms with van der Waals surface area (Å²) in [6.07, 6.45) is -0.457. The maximum atomic E-state index is 11.7. The smallest absolute Gasteiger partial charge is 0.341 e. The van der Waals surface area contributed by atoms with Crippen LogP contribution in [-0.4, -0.2) is 40.7 Å². The van der Waals surface area contributed by atoms with Crippen LogP contribution in [0.5, 0.6) is 5.75 Å². The van der Waals surface area contributed by atoms with E-state index >= 15 is 0 Å². The largest absolute Gasteiger partial charge is 0.496 e. The number of benzene rings is 2. The Hall–Kier alpha value is -3.09. The summed E-state index contributed by atoms with van der Waals surface area (Å²) in [5, 5.41) is 22.5. The van der Waals surface area contributed by atoms with Crippen molar-refractivity contribution in [3.05, 3.63) is 42.0 Å². The van der Waals surface area contributed by atoms with Gasteiger partial charge in [0.1, 0.15) is 5.75 Å². The predicted molar refractivity (Wildman–Crippen MR) is 86.0 cm³/mol. The van der Waals surface area contributed by atoms with Gasteiger partial charge in [-0.25, -0.2) is 9.59 Å². The Balaban J connectivity index is 2.69. The Morgan fingerprint density at radius 3 is 2.25 bits per heavy atom. The number of nitrogens with one attached hydrogen (secondary N) is 1. The summed E-state index contributed by atoms with van der Waals surface area (Å²) in [6, 6.07) is 10.6.